The van der Waals surface area contributed by atoms with Crippen LogP contribution in [0, 0.1) is 11.2 Å². The van der Waals surface area contributed by atoms with Crippen molar-refractivity contribution >= 4 is 146 Å². The van der Waals surface area contributed by atoms with Gasteiger partial charge in [0.1, 0.15) is 90.4 Å². The molecule has 3 fully saturated rings. The maximum absolute atomic E-state index is 15.7. The number of thioether (sulfide) groups is 1. The number of amides is 17. The first-order valence-corrected chi connectivity index (χ1v) is 46.4. The number of aliphatic carboxylic acids is 1. The number of primary amides is 2. The Morgan fingerprint density at radius 2 is 1.09 bits per heavy atom. The van der Waals surface area contributed by atoms with Crippen molar-refractivity contribution in [1.29, 1.82) is 5.41 Å². The van der Waals surface area contributed by atoms with Crippen molar-refractivity contribution in [3.05, 3.63) is 126 Å². The zero-order valence-corrected chi connectivity index (χ0v) is 77.8. The Morgan fingerprint density at radius 3 is 1.69 bits per heavy atom. The number of likely N-dealkylation sites (N-methyl/N-ethyl adjacent to an activating group) is 3. The predicted octanol–water partition coefficient (Wildman–Crippen LogP) is -3.68. The number of rotatable bonds is 27. The number of carboxylic acids is 1. The van der Waals surface area contributed by atoms with Gasteiger partial charge in [-0.3, -0.25) is 91.7 Å². The first-order chi connectivity index (χ1) is 65.3. The number of nitrogens with one attached hydrogen (secondary N) is 15. The molecule has 0 saturated carbocycles. The first kappa shape index (κ1) is 107. The molecule has 3 aliphatic heterocycles. The number of carbonyl (C=O) groups is 18. The molecule has 3 aliphatic rings. The van der Waals surface area contributed by atoms with E-state index in [-0.39, 0.29) is 76.6 Å². The molecule has 0 aliphatic carbocycles. The van der Waals surface area contributed by atoms with E-state index in [4.69, 9.17) is 22.6 Å². The van der Waals surface area contributed by atoms with E-state index in [1.165, 1.54) is 52.7 Å². The van der Waals surface area contributed by atoms with Crippen molar-refractivity contribution in [2.24, 2.45) is 17.2 Å². The highest BCUT2D eigenvalue weighted by atomic mass is 32.2. The Bertz CT molecular complexity index is 5330. The molecule has 3 aromatic heterocycles. The van der Waals surface area contributed by atoms with Gasteiger partial charge in [-0.2, -0.15) is 0 Å². The van der Waals surface area contributed by atoms with Crippen molar-refractivity contribution in [3.8, 4) is 0 Å². The largest absolute Gasteiger partial charge is 0.481 e. The number of carbonyl (C=O) groups excluding carboxylic acids is 17. The van der Waals surface area contributed by atoms with Gasteiger partial charge in [-0.05, 0) is 92.8 Å². The van der Waals surface area contributed by atoms with Gasteiger partial charge in [0.25, 0.3) is 0 Å². The Labute approximate surface area is 792 Å². The average Bonchev–Trinajstić information content (AvgIpc) is 1.69. The smallest absolute Gasteiger partial charge is 0.303 e. The minimum absolute atomic E-state index is 0.0146. The van der Waals surface area contributed by atoms with Crippen molar-refractivity contribution in [1.82, 2.24) is 103 Å². The second-order valence-electron chi connectivity index (χ2n) is 34.2. The second-order valence-corrected chi connectivity index (χ2v) is 35.3. The SMILES string of the molecule is CCCC[C@H]1C(=O)N(C)[C@@H](CCCC)C(=O)N[C@@H](CCCNC(=N)N)C(=O)N[C@H](C(=O)NCC(N)=O)CSCC(=O)N[C@@H](Cc2ccc(F)cc2)C(=O)N(C)[C@@H](C)C(=O)N[C@@H](CC(N)=O)C(=O)N2CCC[C@H]2C(=O)N[C@@H](Cc2cnc[nH]2)C(=O)N[C@@H](CCC(=O)O)C(=O)N2C[C@H](O)C[C@H]2C(=O)N[C@@H](Cc2c[nH]c3ccccc23)C(=O)N[C@@H](CO)C(=O)N[C@@H](Cc2c[nH]c3ccccc23)C(=O)N1C. The van der Waals surface area contributed by atoms with Crippen LogP contribution in [0.4, 0.5) is 4.39 Å². The third-order valence-corrected chi connectivity index (χ3v) is 25.3. The van der Waals surface area contributed by atoms with Gasteiger partial charge in [-0.1, -0.05) is 88.1 Å². The summed E-state index contributed by atoms with van der Waals surface area (Å²) in [6.45, 7) is 2.14. The number of imidazole rings is 1. The van der Waals surface area contributed by atoms with Crippen molar-refractivity contribution in [2.45, 2.75) is 227 Å². The standard InChI is InChI=1S/C90H123FN24O21S/c1-7-9-22-68-82(129)103-59(21-15-31-97-90(94)95)78(125)110-67(77(124)100-42-73(93)119)45-137-46-74(120)102-63(33-49-25-27-52(91)28-26-49)85(132)111(4)48(3)76(123)107-65(38-72(92)118)88(135)114-32-16-24-69(114)83(130)106-62(36-53-41-96-47-101-53)80(127)104-60(29-30-75(121)122)87(134)115-43-54(117)37-71(115)84(131)105-61(34-50-39-98-57-19-13-11-17-55(50)57)79(126)109-66(44-116)81(128)108-64(35-51-40-99-58-20-14-12-18-56(51)58)86(133)113(6)70(23-10-8-2)89(136)112(68)5/h11-14,17-20,25-28,39-41,47-48,54,59-71,98-99,116-117H,7-10,15-16,21-24,29-38,42-46H2,1-6H3,(H2,92,118)(H2,93,119)(H,96,101)(H,100,124)(H,102,120)(H,103,129)(H,104,127)(H,105,131)(H,106,130)(H,107,123)(H,108,128)(H,109,126)(H,110,125)(H,121,122)(H4,94,95,97)/t48-,54+,59-,60-,61-,62-,63-,64-,65-,66-,67-,68-,69-,70-,71-/m0/s1. The third kappa shape index (κ3) is 29.9. The Hall–Kier alpha value is -14.1. The number of nitrogens with zero attached hydrogens (tertiary/aromatic N) is 6. The lowest BCUT2D eigenvalue weighted by atomic mass is 10.00. The summed E-state index contributed by atoms with van der Waals surface area (Å²) in [7, 11) is 3.81. The van der Waals surface area contributed by atoms with Crippen LogP contribution < -0.4 is 75.7 Å². The molecule has 47 heteroatoms. The van der Waals surface area contributed by atoms with Gasteiger partial charge in [0.2, 0.25) is 100 Å². The Morgan fingerprint density at radius 1 is 0.547 bits per heavy atom. The fourth-order valence-electron chi connectivity index (χ4n) is 16.6. The summed E-state index contributed by atoms with van der Waals surface area (Å²) in [5.41, 5.74) is 19.4. The first-order valence-electron chi connectivity index (χ1n) is 45.3. The van der Waals surface area contributed by atoms with Gasteiger partial charge >= 0.3 is 5.97 Å². The van der Waals surface area contributed by atoms with Gasteiger partial charge in [-0.15, -0.1) is 11.8 Å². The number of aliphatic hydroxyl groups excluding tert-OH is 2. The van der Waals surface area contributed by atoms with Crippen LogP contribution in [0.2, 0.25) is 0 Å². The van der Waals surface area contributed by atoms with Crippen LogP contribution in [0.5, 0.6) is 0 Å². The lowest BCUT2D eigenvalue weighted by Gasteiger charge is -2.36. The number of aliphatic hydroxyl groups is 2. The van der Waals surface area contributed by atoms with E-state index in [9.17, 15) is 67.7 Å². The number of hydrogen-bond acceptors (Lipinski definition) is 23. The number of nitrogens with two attached hydrogens (primary N) is 3. The minimum atomic E-state index is -1.95. The van der Waals surface area contributed by atoms with Crippen LogP contribution in [-0.2, 0) is 112 Å². The second kappa shape index (κ2) is 51.0. The quantitative estimate of drug-likeness (QED) is 0.0134. The molecule has 3 aromatic carbocycles. The summed E-state index contributed by atoms with van der Waals surface area (Å²) in [6.07, 6.45) is 1.16. The van der Waals surface area contributed by atoms with Gasteiger partial charge in [-0.25, -0.2) is 9.37 Å². The molecule has 3 saturated heterocycles. The summed E-state index contributed by atoms with van der Waals surface area (Å²) < 4.78 is 14.4. The summed E-state index contributed by atoms with van der Waals surface area (Å²) >= 11 is 0.728. The monoisotopic (exact) mass is 1930 g/mol. The normalized spacial score (nSPS) is 24.5. The van der Waals surface area contributed by atoms with E-state index < -0.39 is 272 Å². The molecule has 137 heavy (non-hydrogen) atoms. The molecular weight excluding hydrogens is 1800 g/mol. The zero-order valence-electron chi connectivity index (χ0n) is 77.0. The van der Waals surface area contributed by atoms with Crippen LogP contribution >= 0.6 is 11.8 Å². The zero-order chi connectivity index (χ0) is 100. The van der Waals surface area contributed by atoms with Gasteiger partial charge in [0, 0.05) is 131 Å². The van der Waals surface area contributed by atoms with E-state index in [0.717, 1.165) is 48.4 Å². The molecule has 6 aromatic rings. The van der Waals surface area contributed by atoms with Crippen LogP contribution in [0.3, 0.4) is 0 Å². The molecule has 0 spiro atoms. The van der Waals surface area contributed by atoms with Gasteiger partial charge in [0.15, 0.2) is 5.96 Å². The summed E-state index contributed by atoms with van der Waals surface area (Å²) in [5.74, 6) is -20.9. The highest BCUT2D eigenvalue weighted by molar-refractivity contribution is 8.00. The molecule has 0 unspecified atom stereocenters. The molecule has 17 amide bonds. The molecule has 9 rings (SSSR count). The average molecular weight is 1930 g/mol. The summed E-state index contributed by atoms with van der Waals surface area (Å²) in [6, 6.07) is -4.48. The van der Waals surface area contributed by atoms with Crippen molar-refractivity contribution in [3.63, 3.8) is 0 Å². The number of benzene rings is 3. The molecule has 15 atom stereocenters. The molecule has 24 N–H and O–H groups in total. The number of halogens is 1. The summed E-state index contributed by atoms with van der Waals surface area (Å²) in [4.78, 5) is 281. The fourth-order valence-corrected chi connectivity index (χ4v) is 17.5. The predicted molar refractivity (Wildman–Crippen MR) is 495 cm³/mol. The third-order valence-electron chi connectivity index (χ3n) is 24.2. The number of aromatic nitrogens is 4. The maximum Gasteiger partial charge on any atom is 0.303 e. The van der Waals surface area contributed by atoms with E-state index >= 15 is 38.4 Å². The number of guanidine groups is 1. The van der Waals surface area contributed by atoms with E-state index in [1.54, 1.807) is 60.9 Å². The van der Waals surface area contributed by atoms with Crippen LogP contribution in [0.25, 0.3) is 21.8 Å². The van der Waals surface area contributed by atoms with E-state index in [0.29, 0.717) is 64.2 Å². The molecule has 742 valence electrons. The number of para-hydroxylation sites is 2. The number of aromatic amines is 3. The summed E-state index contributed by atoms with van der Waals surface area (Å²) in [5, 5.41) is 70.1. The van der Waals surface area contributed by atoms with Crippen LogP contribution in [-0.4, -0.2) is 328 Å². The Balaban J connectivity index is 1.11. The Kier molecular flexibility index (Phi) is 39.7. The number of hydrogen-bond donors (Lipinski definition) is 21. The highest BCUT2D eigenvalue weighted by Crippen LogP contribution is 2.28. The van der Waals surface area contributed by atoms with Gasteiger partial charge in [0.05, 0.1) is 37.8 Å². The van der Waals surface area contributed by atoms with Gasteiger partial charge < -0.3 is 130 Å². The topological polar surface area (TPSA) is 679 Å². The van der Waals surface area contributed by atoms with Crippen molar-refractivity contribution in [2.75, 3.05) is 65.4 Å². The van der Waals surface area contributed by atoms with E-state index in [2.05, 4.69) is 78.4 Å². The number of H-pyrrole nitrogens is 3. The fraction of sp³-hybridized carbons (Fsp3) is 0.511. The number of carboxylic acid groups (broad SMARTS) is 1. The molecule has 6 heterocycles. The molecule has 0 radical (unpaired) electrons. The van der Waals surface area contributed by atoms with Crippen LogP contribution in [0.1, 0.15) is 133 Å². The lowest BCUT2D eigenvalue weighted by molar-refractivity contribution is -0.149. The molecule has 45 nitrogen and oxygen atoms in total. The molecule has 0 bridgehead atoms. The van der Waals surface area contributed by atoms with Crippen LogP contribution in [0.15, 0.2) is 97.7 Å². The van der Waals surface area contributed by atoms with Crippen molar-refractivity contribution < 1.29 is 106 Å². The van der Waals surface area contributed by atoms with E-state index in [1.807, 2.05) is 13.8 Å². The number of unbranched alkanes of at least 4 members (excludes halogenated alkanes) is 2. The molecular formula is C90H123FN24O21S. The minimum Gasteiger partial charge on any atom is -0.481 e. The highest BCUT2D eigenvalue weighted by Gasteiger charge is 2.47. The maximum atomic E-state index is 15.7. The number of fused-ring (bicyclic) bond motifs is 4. The lowest BCUT2D eigenvalue weighted by Crippen LogP contribution is -2.62.